The molecule has 1 aliphatic carbocycles. The van der Waals surface area contributed by atoms with Gasteiger partial charge in [-0.1, -0.05) is 13.8 Å². The van der Waals surface area contributed by atoms with Crippen molar-refractivity contribution in [2.75, 3.05) is 0 Å². The smallest absolute Gasteiger partial charge is 0.265 e. The molecule has 2 atom stereocenters. The van der Waals surface area contributed by atoms with Crippen molar-refractivity contribution in [3.63, 3.8) is 0 Å². The zero-order valence-electron chi connectivity index (χ0n) is 10.9. The van der Waals surface area contributed by atoms with Crippen molar-refractivity contribution in [1.29, 1.82) is 0 Å². The third kappa shape index (κ3) is 2.27. The molecule has 5 heteroatoms. The highest BCUT2D eigenvalue weighted by Crippen LogP contribution is 2.47. The van der Waals surface area contributed by atoms with Gasteiger partial charge >= 0.3 is 0 Å². The van der Waals surface area contributed by atoms with Gasteiger partial charge in [0.25, 0.3) is 5.56 Å². The highest BCUT2D eigenvalue weighted by molar-refractivity contribution is 9.10. The minimum Gasteiger partial charge on any atom is -0.458 e. The van der Waals surface area contributed by atoms with Crippen molar-refractivity contribution >= 4 is 15.9 Å². The van der Waals surface area contributed by atoms with Crippen LogP contribution in [0, 0.1) is 5.92 Å². The van der Waals surface area contributed by atoms with Crippen LogP contribution in [0.1, 0.15) is 37.6 Å². The van der Waals surface area contributed by atoms with Gasteiger partial charge in [-0.3, -0.25) is 4.79 Å². The predicted molar refractivity (Wildman–Crippen MR) is 76.2 cm³/mol. The first-order valence-electron chi connectivity index (χ1n) is 6.49. The molecule has 19 heavy (non-hydrogen) atoms. The summed E-state index contributed by atoms with van der Waals surface area (Å²) in [7, 11) is 0. The summed E-state index contributed by atoms with van der Waals surface area (Å²) in [6, 6.07) is 3.86. The van der Waals surface area contributed by atoms with Crippen LogP contribution in [0.15, 0.2) is 25.8 Å². The van der Waals surface area contributed by atoms with Crippen LogP contribution in [0.25, 0.3) is 11.6 Å². The highest BCUT2D eigenvalue weighted by Gasteiger charge is 2.36. The van der Waals surface area contributed by atoms with Gasteiger partial charge in [-0.15, -0.1) is 0 Å². The van der Waals surface area contributed by atoms with Crippen LogP contribution in [0.3, 0.4) is 0 Å². The summed E-state index contributed by atoms with van der Waals surface area (Å²) in [5.41, 5.74) is 0.580. The fourth-order valence-corrected chi connectivity index (χ4v) is 2.72. The topological polar surface area (TPSA) is 58.9 Å². The molecule has 2 heterocycles. The number of hydrogen-bond donors (Lipinski definition) is 1. The SMILES string of the molecule is CCc1nc(-c2ccc(C3CC3C)o2)[nH]c(=O)c1Br. The monoisotopic (exact) mass is 322 g/mol. The molecule has 0 amide bonds. The summed E-state index contributed by atoms with van der Waals surface area (Å²) >= 11 is 3.26. The average molecular weight is 323 g/mol. The quantitative estimate of drug-likeness (QED) is 0.941. The Kier molecular flexibility index (Phi) is 3.09. The second kappa shape index (κ2) is 4.63. The van der Waals surface area contributed by atoms with E-state index in [1.807, 2.05) is 19.1 Å². The normalized spacial score (nSPS) is 21.6. The highest BCUT2D eigenvalue weighted by atomic mass is 79.9. The van der Waals surface area contributed by atoms with Gasteiger partial charge in [0, 0.05) is 5.92 Å². The Hall–Kier alpha value is -1.36. The Bertz CT molecular complexity index is 674. The summed E-state index contributed by atoms with van der Waals surface area (Å²) in [5, 5.41) is 0. The van der Waals surface area contributed by atoms with E-state index in [9.17, 15) is 4.79 Å². The molecule has 0 aliphatic heterocycles. The number of halogens is 1. The van der Waals surface area contributed by atoms with Crippen molar-refractivity contribution in [3.8, 4) is 11.6 Å². The number of furan rings is 1. The van der Waals surface area contributed by atoms with Gasteiger partial charge in [0.15, 0.2) is 11.6 Å². The number of rotatable bonds is 3. The summed E-state index contributed by atoms with van der Waals surface area (Å²) in [4.78, 5) is 19.0. The molecule has 1 aliphatic rings. The molecular weight excluding hydrogens is 308 g/mol. The molecule has 4 nitrogen and oxygen atoms in total. The second-order valence-electron chi connectivity index (χ2n) is 5.05. The zero-order valence-corrected chi connectivity index (χ0v) is 12.5. The molecule has 0 spiro atoms. The summed E-state index contributed by atoms with van der Waals surface area (Å²) in [6.07, 6.45) is 1.88. The molecule has 0 aromatic carbocycles. The van der Waals surface area contributed by atoms with Gasteiger partial charge in [-0.25, -0.2) is 4.98 Å². The van der Waals surface area contributed by atoms with Gasteiger partial charge in [0.05, 0.1) is 5.69 Å². The zero-order chi connectivity index (χ0) is 13.6. The van der Waals surface area contributed by atoms with Crippen LogP contribution in [-0.4, -0.2) is 9.97 Å². The van der Waals surface area contributed by atoms with E-state index < -0.39 is 0 Å². The molecule has 2 aromatic heterocycles. The molecule has 1 fully saturated rings. The van der Waals surface area contributed by atoms with Crippen LogP contribution >= 0.6 is 15.9 Å². The number of hydrogen-bond acceptors (Lipinski definition) is 3. The number of aryl methyl sites for hydroxylation is 1. The van der Waals surface area contributed by atoms with E-state index in [0.29, 0.717) is 34.3 Å². The Labute approximate surface area is 119 Å². The lowest BCUT2D eigenvalue weighted by Gasteiger charge is -2.02. The molecule has 3 rings (SSSR count). The summed E-state index contributed by atoms with van der Waals surface area (Å²) in [6.45, 7) is 4.18. The van der Waals surface area contributed by atoms with Crippen LogP contribution in [0.5, 0.6) is 0 Å². The lowest BCUT2D eigenvalue weighted by atomic mass is 10.3. The van der Waals surface area contributed by atoms with Crippen LogP contribution < -0.4 is 5.56 Å². The number of nitrogens with one attached hydrogen (secondary N) is 1. The lowest BCUT2D eigenvalue weighted by Crippen LogP contribution is -2.13. The minimum atomic E-state index is -0.167. The molecule has 0 radical (unpaired) electrons. The fourth-order valence-electron chi connectivity index (χ4n) is 2.25. The predicted octanol–water partition coefficient (Wildman–Crippen LogP) is 3.48. The Morgan fingerprint density at radius 2 is 2.26 bits per heavy atom. The van der Waals surface area contributed by atoms with Crippen LogP contribution in [0.2, 0.25) is 0 Å². The van der Waals surface area contributed by atoms with E-state index in [1.54, 1.807) is 0 Å². The largest absolute Gasteiger partial charge is 0.458 e. The van der Waals surface area contributed by atoms with Gasteiger partial charge in [-0.05, 0) is 46.8 Å². The van der Waals surface area contributed by atoms with Crippen LogP contribution in [-0.2, 0) is 6.42 Å². The van der Waals surface area contributed by atoms with E-state index in [2.05, 4.69) is 32.8 Å². The molecule has 100 valence electrons. The molecule has 0 saturated heterocycles. The van der Waals surface area contributed by atoms with Crippen molar-refractivity contribution in [1.82, 2.24) is 9.97 Å². The van der Waals surface area contributed by atoms with Gasteiger partial charge < -0.3 is 9.40 Å². The van der Waals surface area contributed by atoms with Crippen LogP contribution in [0.4, 0.5) is 0 Å². The summed E-state index contributed by atoms with van der Waals surface area (Å²) in [5.74, 6) is 3.35. The number of aromatic amines is 1. The molecule has 1 N–H and O–H groups in total. The van der Waals surface area contributed by atoms with E-state index in [4.69, 9.17) is 4.42 Å². The molecule has 2 aromatic rings. The van der Waals surface area contributed by atoms with Gasteiger partial charge in [0.2, 0.25) is 0 Å². The minimum absolute atomic E-state index is 0.167. The number of aromatic nitrogens is 2. The number of H-pyrrole nitrogens is 1. The Morgan fingerprint density at radius 1 is 1.53 bits per heavy atom. The fraction of sp³-hybridized carbons (Fsp3) is 0.429. The van der Waals surface area contributed by atoms with Gasteiger partial charge in [0.1, 0.15) is 10.2 Å². The number of nitrogens with zero attached hydrogens (tertiary/aromatic N) is 1. The first-order valence-corrected chi connectivity index (χ1v) is 7.28. The summed E-state index contributed by atoms with van der Waals surface area (Å²) < 4.78 is 6.31. The molecule has 2 unspecified atom stereocenters. The standard InChI is InChI=1S/C14H15BrN2O2/c1-3-9-12(15)14(18)17-13(16-9)11-5-4-10(19-11)8-6-7(8)2/h4-5,7-8H,3,6H2,1-2H3,(H,16,17,18). The molecule has 1 saturated carbocycles. The third-order valence-corrected chi connectivity index (χ3v) is 4.42. The van der Waals surface area contributed by atoms with Crippen molar-refractivity contribution in [3.05, 3.63) is 38.4 Å². The Morgan fingerprint density at radius 3 is 2.89 bits per heavy atom. The van der Waals surface area contributed by atoms with Crippen molar-refractivity contribution in [2.24, 2.45) is 5.92 Å². The maximum Gasteiger partial charge on any atom is 0.265 e. The third-order valence-electron chi connectivity index (χ3n) is 3.60. The van der Waals surface area contributed by atoms with E-state index in [0.717, 1.165) is 11.5 Å². The maximum absolute atomic E-state index is 11.8. The maximum atomic E-state index is 11.8. The first kappa shape index (κ1) is 12.7. The lowest BCUT2D eigenvalue weighted by molar-refractivity contribution is 0.514. The van der Waals surface area contributed by atoms with Crippen molar-refractivity contribution < 1.29 is 4.42 Å². The second-order valence-corrected chi connectivity index (χ2v) is 5.84. The Balaban J connectivity index is 2.00. The van der Waals surface area contributed by atoms with Crippen molar-refractivity contribution in [2.45, 2.75) is 32.6 Å². The first-order chi connectivity index (χ1) is 9.10. The van der Waals surface area contributed by atoms with E-state index in [-0.39, 0.29) is 5.56 Å². The van der Waals surface area contributed by atoms with Gasteiger partial charge in [-0.2, -0.15) is 0 Å². The molecular formula is C14H15BrN2O2. The average Bonchev–Trinajstić information content (AvgIpc) is 2.93. The molecule has 0 bridgehead atoms. The van der Waals surface area contributed by atoms with E-state index in [1.165, 1.54) is 6.42 Å². The van der Waals surface area contributed by atoms with E-state index >= 15 is 0 Å².